The third-order valence-corrected chi connectivity index (χ3v) is 5.58. The predicted octanol–water partition coefficient (Wildman–Crippen LogP) is 3.15. The molecule has 28 heavy (non-hydrogen) atoms. The molecule has 7 heteroatoms. The molecule has 0 amide bonds. The van der Waals surface area contributed by atoms with E-state index in [1.54, 1.807) is 11.3 Å². The molecule has 4 rings (SSSR count). The van der Waals surface area contributed by atoms with Gasteiger partial charge in [-0.1, -0.05) is 6.07 Å². The van der Waals surface area contributed by atoms with E-state index in [0.29, 0.717) is 6.54 Å². The number of nitrogens with one attached hydrogen (secondary N) is 1. The van der Waals surface area contributed by atoms with Crippen LogP contribution in [-0.4, -0.2) is 41.3 Å². The Morgan fingerprint density at radius 3 is 2.57 bits per heavy atom. The summed E-state index contributed by atoms with van der Waals surface area (Å²) in [7, 11) is 0. The first-order valence-corrected chi connectivity index (χ1v) is 10.5. The van der Waals surface area contributed by atoms with Gasteiger partial charge in [0.05, 0.1) is 24.9 Å². The summed E-state index contributed by atoms with van der Waals surface area (Å²) in [4.78, 5) is 15.9. The van der Waals surface area contributed by atoms with Crippen molar-refractivity contribution in [3.8, 4) is 0 Å². The highest BCUT2D eigenvalue weighted by molar-refractivity contribution is 7.07. The van der Waals surface area contributed by atoms with E-state index in [-0.39, 0.29) is 6.04 Å². The van der Waals surface area contributed by atoms with Crippen LogP contribution in [0.1, 0.15) is 28.4 Å². The molecule has 3 aromatic rings. The van der Waals surface area contributed by atoms with Gasteiger partial charge in [-0.2, -0.15) is 11.3 Å². The second-order valence-corrected chi connectivity index (χ2v) is 7.80. The minimum absolute atomic E-state index is 0.147. The lowest BCUT2D eigenvalue weighted by Gasteiger charge is -2.26. The largest absolute Gasteiger partial charge is 0.378 e. The van der Waals surface area contributed by atoms with Gasteiger partial charge in [0, 0.05) is 43.8 Å². The lowest BCUT2D eigenvalue weighted by atomic mass is 10.0. The molecule has 1 N–H and O–H groups in total. The van der Waals surface area contributed by atoms with Crippen LogP contribution in [0.15, 0.2) is 47.5 Å². The summed E-state index contributed by atoms with van der Waals surface area (Å²) < 4.78 is 5.39. The third kappa shape index (κ3) is 4.92. The lowest BCUT2D eigenvalue weighted by Crippen LogP contribution is -2.37. The summed E-state index contributed by atoms with van der Waals surface area (Å²) in [5.74, 6) is 0.780. The van der Waals surface area contributed by atoms with E-state index in [9.17, 15) is 0 Å². The topological polar surface area (TPSA) is 63.2 Å². The van der Waals surface area contributed by atoms with Crippen molar-refractivity contribution in [2.45, 2.75) is 25.9 Å². The fourth-order valence-electron chi connectivity index (χ4n) is 3.22. The van der Waals surface area contributed by atoms with Gasteiger partial charge in [0.2, 0.25) is 5.95 Å². The SMILES string of the molecule is Cc1ccc([C@@H](Cc2ccsc2)NCc2cnc(N3CCOCC3)nc2)nc1. The van der Waals surface area contributed by atoms with Crippen LogP contribution < -0.4 is 10.2 Å². The summed E-state index contributed by atoms with van der Waals surface area (Å²) in [5.41, 5.74) is 4.62. The highest BCUT2D eigenvalue weighted by atomic mass is 32.1. The van der Waals surface area contributed by atoms with Gasteiger partial charge in [0.15, 0.2) is 0 Å². The van der Waals surface area contributed by atoms with Gasteiger partial charge in [0.25, 0.3) is 0 Å². The molecule has 1 aliphatic rings. The van der Waals surface area contributed by atoms with Gasteiger partial charge in [-0.25, -0.2) is 9.97 Å². The third-order valence-electron chi connectivity index (χ3n) is 4.85. The van der Waals surface area contributed by atoms with Crippen LogP contribution in [0.25, 0.3) is 0 Å². The summed E-state index contributed by atoms with van der Waals surface area (Å²) >= 11 is 1.73. The predicted molar refractivity (Wildman–Crippen MR) is 112 cm³/mol. The van der Waals surface area contributed by atoms with E-state index in [1.807, 2.05) is 18.6 Å². The lowest BCUT2D eigenvalue weighted by molar-refractivity contribution is 0.122. The Balaban J connectivity index is 1.42. The molecule has 6 nitrogen and oxygen atoms in total. The molecule has 0 spiro atoms. The monoisotopic (exact) mass is 395 g/mol. The maximum atomic E-state index is 5.39. The Morgan fingerprint density at radius 1 is 1.07 bits per heavy atom. The first-order chi connectivity index (χ1) is 13.8. The molecule has 146 valence electrons. The van der Waals surface area contributed by atoms with Crippen molar-refractivity contribution in [2.75, 3.05) is 31.2 Å². The summed E-state index contributed by atoms with van der Waals surface area (Å²) in [6.45, 7) is 5.93. The molecule has 0 aliphatic carbocycles. The summed E-state index contributed by atoms with van der Waals surface area (Å²) in [6, 6.07) is 6.55. The number of rotatable bonds is 7. The highest BCUT2D eigenvalue weighted by Gasteiger charge is 2.16. The Morgan fingerprint density at radius 2 is 1.89 bits per heavy atom. The van der Waals surface area contributed by atoms with Crippen molar-refractivity contribution in [1.82, 2.24) is 20.3 Å². The second kappa shape index (κ2) is 9.23. The number of hydrogen-bond donors (Lipinski definition) is 1. The van der Waals surface area contributed by atoms with Gasteiger partial charge >= 0.3 is 0 Å². The van der Waals surface area contributed by atoms with Crippen LogP contribution in [-0.2, 0) is 17.7 Å². The number of aryl methyl sites for hydroxylation is 1. The molecule has 0 aromatic carbocycles. The molecular weight excluding hydrogens is 370 g/mol. The summed E-state index contributed by atoms with van der Waals surface area (Å²) in [6.07, 6.45) is 6.66. The van der Waals surface area contributed by atoms with Crippen LogP contribution in [0.5, 0.6) is 0 Å². The minimum atomic E-state index is 0.147. The van der Waals surface area contributed by atoms with Crippen LogP contribution in [0, 0.1) is 6.92 Å². The molecule has 4 heterocycles. The summed E-state index contributed by atoms with van der Waals surface area (Å²) in [5, 5.41) is 7.95. The highest BCUT2D eigenvalue weighted by Crippen LogP contribution is 2.20. The van der Waals surface area contributed by atoms with Gasteiger partial charge < -0.3 is 15.0 Å². The maximum absolute atomic E-state index is 5.39. The Kier molecular flexibility index (Phi) is 6.26. The van der Waals surface area contributed by atoms with E-state index in [2.05, 4.69) is 61.1 Å². The number of aromatic nitrogens is 3. The minimum Gasteiger partial charge on any atom is -0.378 e. The standard InChI is InChI=1S/C21H25N5OS/c1-16-2-3-19(22-11-16)20(10-17-4-9-28-15-17)23-12-18-13-24-21(25-14-18)26-5-7-27-8-6-26/h2-4,9,11,13-15,20,23H,5-8,10,12H2,1H3/t20-/m1/s1. The number of morpholine rings is 1. The fraction of sp³-hybridized carbons (Fsp3) is 0.381. The number of hydrogen-bond acceptors (Lipinski definition) is 7. The molecule has 0 radical (unpaired) electrons. The second-order valence-electron chi connectivity index (χ2n) is 7.02. The number of thiophene rings is 1. The molecule has 0 unspecified atom stereocenters. The molecule has 0 bridgehead atoms. The van der Waals surface area contributed by atoms with Crippen molar-refractivity contribution in [2.24, 2.45) is 0 Å². The van der Waals surface area contributed by atoms with Crippen LogP contribution >= 0.6 is 11.3 Å². The van der Waals surface area contributed by atoms with Crippen LogP contribution in [0.4, 0.5) is 5.95 Å². The van der Waals surface area contributed by atoms with Crippen LogP contribution in [0.2, 0.25) is 0 Å². The van der Waals surface area contributed by atoms with E-state index in [0.717, 1.165) is 49.9 Å². The number of anilines is 1. The van der Waals surface area contributed by atoms with Crippen LogP contribution in [0.3, 0.4) is 0 Å². The van der Waals surface area contributed by atoms with E-state index in [1.165, 1.54) is 11.1 Å². The van der Waals surface area contributed by atoms with Crippen molar-refractivity contribution in [1.29, 1.82) is 0 Å². The Labute approximate surface area is 169 Å². The number of ether oxygens (including phenoxy) is 1. The normalized spacial score (nSPS) is 15.5. The number of pyridine rings is 1. The van der Waals surface area contributed by atoms with Gasteiger partial charge in [-0.3, -0.25) is 4.98 Å². The first kappa shape index (κ1) is 19.0. The molecule has 1 atom stereocenters. The maximum Gasteiger partial charge on any atom is 0.225 e. The van der Waals surface area contributed by atoms with E-state index in [4.69, 9.17) is 4.74 Å². The smallest absolute Gasteiger partial charge is 0.225 e. The zero-order valence-corrected chi connectivity index (χ0v) is 16.9. The molecule has 1 aliphatic heterocycles. The quantitative estimate of drug-likeness (QED) is 0.663. The Hall–Kier alpha value is -2.35. The average molecular weight is 396 g/mol. The number of nitrogens with zero attached hydrogens (tertiary/aromatic N) is 4. The fourth-order valence-corrected chi connectivity index (χ4v) is 3.90. The van der Waals surface area contributed by atoms with Gasteiger partial charge in [0.1, 0.15) is 0 Å². The first-order valence-electron chi connectivity index (χ1n) is 9.58. The molecule has 3 aromatic heterocycles. The Bertz CT molecular complexity index is 846. The molecular formula is C21H25N5OS. The zero-order chi connectivity index (χ0) is 19.2. The van der Waals surface area contributed by atoms with Crippen molar-refractivity contribution >= 4 is 17.3 Å². The van der Waals surface area contributed by atoms with Crippen molar-refractivity contribution in [3.63, 3.8) is 0 Å². The molecule has 1 saturated heterocycles. The molecule has 0 saturated carbocycles. The molecule has 1 fully saturated rings. The van der Waals surface area contributed by atoms with Crippen molar-refractivity contribution < 1.29 is 4.74 Å². The van der Waals surface area contributed by atoms with E-state index >= 15 is 0 Å². The average Bonchev–Trinajstić information content (AvgIpc) is 3.26. The van der Waals surface area contributed by atoms with E-state index < -0.39 is 0 Å². The van der Waals surface area contributed by atoms with Crippen molar-refractivity contribution in [3.05, 3.63) is 69.9 Å². The van der Waals surface area contributed by atoms with Gasteiger partial charge in [-0.05, 0) is 47.4 Å². The van der Waals surface area contributed by atoms with Gasteiger partial charge in [-0.15, -0.1) is 0 Å². The zero-order valence-electron chi connectivity index (χ0n) is 16.0.